The molecule has 1 aromatic carbocycles. The lowest BCUT2D eigenvalue weighted by Crippen LogP contribution is -2.35. The average molecular weight is 322 g/mol. The van der Waals surface area contributed by atoms with Crippen molar-refractivity contribution in [3.63, 3.8) is 0 Å². The van der Waals surface area contributed by atoms with Gasteiger partial charge in [-0.15, -0.1) is 0 Å². The summed E-state index contributed by atoms with van der Waals surface area (Å²) in [5.74, 6) is 0. The van der Waals surface area contributed by atoms with E-state index in [-0.39, 0.29) is 0 Å². The van der Waals surface area contributed by atoms with E-state index in [0.29, 0.717) is 0 Å². The Morgan fingerprint density at radius 3 is 1.45 bits per heavy atom. The van der Waals surface area contributed by atoms with Crippen molar-refractivity contribution in [2.45, 2.75) is 41.5 Å². The van der Waals surface area contributed by atoms with Gasteiger partial charge in [0.05, 0.1) is 17.1 Å². The minimum atomic E-state index is 1.06. The van der Waals surface area contributed by atoms with E-state index in [0.717, 1.165) is 49.5 Å². The van der Waals surface area contributed by atoms with Crippen molar-refractivity contribution in [1.29, 1.82) is 0 Å². The number of anilines is 3. The van der Waals surface area contributed by atoms with E-state index in [1.165, 1.54) is 22.2 Å². The van der Waals surface area contributed by atoms with Crippen LogP contribution >= 0.6 is 0 Å². The first-order valence-electron chi connectivity index (χ1n) is 8.97. The van der Waals surface area contributed by atoms with E-state index in [1.54, 1.807) is 0 Å². The molecule has 0 fully saturated rings. The summed E-state index contributed by atoms with van der Waals surface area (Å²) >= 11 is 0. The molecule has 0 bridgehead atoms. The standard InChI is InChI=1S/C18H35N3Si/c1-7-19(8-2)15-13-14-16(22)18(21(11-5)12-6)17(15)20(9-3)10-4/h13-14H,7-12H2,1-6,22H3. The molecule has 0 radical (unpaired) electrons. The van der Waals surface area contributed by atoms with E-state index in [1.807, 2.05) is 0 Å². The molecule has 126 valence electrons. The number of nitrogens with zero attached hydrogens (tertiary/aromatic N) is 3. The van der Waals surface area contributed by atoms with E-state index < -0.39 is 0 Å². The summed E-state index contributed by atoms with van der Waals surface area (Å²) in [4.78, 5) is 7.55. The third-order valence-corrected chi connectivity index (χ3v) is 5.40. The van der Waals surface area contributed by atoms with Crippen LogP contribution in [-0.4, -0.2) is 49.5 Å². The summed E-state index contributed by atoms with van der Waals surface area (Å²) < 4.78 is 0. The molecule has 0 aliphatic rings. The number of rotatable bonds is 9. The zero-order valence-corrected chi connectivity index (χ0v) is 17.7. The van der Waals surface area contributed by atoms with E-state index in [2.05, 4.69) is 68.4 Å². The molecule has 0 aliphatic carbocycles. The lowest BCUT2D eigenvalue weighted by molar-refractivity contribution is 0.817. The Balaban J connectivity index is 3.61. The molecule has 0 saturated carbocycles. The molecule has 0 atom stereocenters. The lowest BCUT2D eigenvalue weighted by atomic mass is 10.1. The van der Waals surface area contributed by atoms with Crippen molar-refractivity contribution in [2.75, 3.05) is 54.0 Å². The highest BCUT2D eigenvalue weighted by molar-refractivity contribution is 6.37. The van der Waals surface area contributed by atoms with E-state index in [9.17, 15) is 0 Å². The van der Waals surface area contributed by atoms with Gasteiger partial charge in [0.15, 0.2) is 0 Å². The summed E-state index contributed by atoms with van der Waals surface area (Å²) in [6, 6.07) is 4.69. The Hall–Kier alpha value is -1.16. The van der Waals surface area contributed by atoms with Gasteiger partial charge in [0.1, 0.15) is 0 Å². The smallest absolute Gasteiger partial charge is 0.0839 e. The zero-order chi connectivity index (χ0) is 16.7. The molecule has 0 N–H and O–H groups in total. The van der Waals surface area contributed by atoms with Gasteiger partial charge in [-0.1, -0.05) is 6.07 Å². The lowest BCUT2D eigenvalue weighted by Gasteiger charge is -2.36. The number of hydrogen-bond donors (Lipinski definition) is 0. The van der Waals surface area contributed by atoms with Crippen molar-refractivity contribution in [3.8, 4) is 0 Å². The van der Waals surface area contributed by atoms with Gasteiger partial charge < -0.3 is 14.7 Å². The van der Waals surface area contributed by atoms with Crippen LogP contribution in [0.5, 0.6) is 0 Å². The van der Waals surface area contributed by atoms with Gasteiger partial charge in [0, 0.05) is 49.5 Å². The first-order valence-corrected chi connectivity index (χ1v) is 9.97. The molecule has 0 unspecified atom stereocenters. The Labute approximate surface area is 140 Å². The second-order valence-corrected chi connectivity index (χ2v) is 6.69. The van der Waals surface area contributed by atoms with Gasteiger partial charge in [-0.2, -0.15) is 0 Å². The van der Waals surface area contributed by atoms with Crippen LogP contribution in [0.1, 0.15) is 41.5 Å². The Morgan fingerprint density at radius 1 is 0.636 bits per heavy atom. The quantitative estimate of drug-likeness (QED) is 0.646. The van der Waals surface area contributed by atoms with Crippen molar-refractivity contribution in [1.82, 2.24) is 0 Å². The highest BCUT2D eigenvalue weighted by atomic mass is 28.1. The molecule has 0 heterocycles. The Morgan fingerprint density at radius 2 is 1.05 bits per heavy atom. The van der Waals surface area contributed by atoms with Crippen LogP contribution in [0, 0.1) is 0 Å². The Kier molecular flexibility index (Phi) is 7.80. The number of benzene rings is 1. The van der Waals surface area contributed by atoms with Crippen molar-refractivity contribution >= 4 is 32.5 Å². The topological polar surface area (TPSA) is 9.72 Å². The summed E-state index contributed by atoms with van der Waals surface area (Å²) in [7, 11) is 1.09. The molecule has 0 aliphatic heterocycles. The first-order chi connectivity index (χ1) is 10.6. The summed E-state index contributed by atoms with van der Waals surface area (Å²) in [5, 5.41) is 1.52. The number of hydrogen-bond acceptors (Lipinski definition) is 3. The Bertz CT molecular complexity index is 450. The predicted molar refractivity (Wildman–Crippen MR) is 107 cm³/mol. The third-order valence-electron chi connectivity index (χ3n) is 4.60. The maximum Gasteiger partial charge on any atom is 0.0839 e. The zero-order valence-electron chi connectivity index (χ0n) is 15.7. The van der Waals surface area contributed by atoms with Gasteiger partial charge in [0.25, 0.3) is 0 Å². The van der Waals surface area contributed by atoms with E-state index >= 15 is 0 Å². The molecular formula is C18H35N3Si. The highest BCUT2D eigenvalue weighted by Crippen LogP contribution is 2.37. The van der Waals surface area contributed by atoms with Crippen molar-refractivity contribution in [2.24, 2.45) is 0 Å². The highest BCUT2D eigenvalue weighted by Gasteiger charge is 2.21. The van der Waals surface area contributed by atoms with Gasteiger partial charge in [-0.25, -0.2) is 0 Å². The van der Waals surface area contributed by atoms with Crippen LogP contribution in [0.25, 0.3) is 0 Å². The van der Waals surface area contributed by atoms with Crippen LogP contribution < -0.4 is 19.9 Å². The molecule has 4 heteroatoms. The fraction of sp³-hybridized carbons (Fsp3) is 0.667. The minimum Gasteiger partial charge on any atom is -0.370 e. The molecule has 3 nitrogen and oxygen atoms in total. The van der Waals surface area contributed by atoms with Gasteiger partial charge in [-0.05, 0) is 52.8 Å². The molecule has 0 aromatic heterocycles. The average Bonchev–Trinajstić information content (AvgIpc) is 2.54. The van der Waals surface area contributed by atoms with E-state index in [4.69, 9.17) is 0 Å². The fourth-order valence-electron chi connectivity index (χ4n) is 3.28. The monoisotopic (exact) mass is 321 g/mol. The van der Waals surface area contributed by atoms with Crippen LogP contribution in [-0.2, 0) is 0 Å². The molecule has 0 saturated heterocycles. The summed E-state index contributed by atoms with van der Waals surface area (Å²) in [5.41, 5.74) is 4.32. The first kappa shape index (κ1) is 18.9. The van der Waals surface area contributed by atoms with Gasteiger partial charge in [0.2, 0.25) is 0 Å². The molecule has 1 rings (SSSR count). The fourth-order valence-corrected chi connectivity index (χ4v) is 4.00. The predicted octanol–water partition coefficient (Wildman–Crippen LogP) is 2.22. The maximum atomic E-state index is 2.53. The second kappa shape index (κ2) is 9.08. The molecule has 0 spiro atoms. The molecule has 22 heavy (non-hydrogen) atoms. The van der Waals surface area contributed by atoms with Crippen LogP contribution in [0.15, 0.2) is 12.1 Å². The molecule has 0 amide bonds. The second-order valence-electron chi connectivity index (χ2n) is 5.62. The van der Waals surface area contributed by atoms with Crippen molar-refractivity contribution in [3.05, 3.63) is 12.1 Å². The van der Waals surface area contributed by atoms with Crippen LogP contribution in [0.2, 0.25) is 0 Å². The van der Waals surface area contributed by atoms with Crippen LogP contribution in [0.4, 0.5) is 17.1 Å². The molecule has 1 aromatic rings. The maximum absolute atomic E-state index is 2.53. The van der Waals surface area contributed by atoms with Crippen molar-refractivity contribution < 1.29 is 0 Å². The minimum absolute atomic E-state index is 1.06. The summed E-state index contributed by atoms with van der Waals surface area (Å²) in [6.07, 6.45) is 0. The van der Waals surface area contributed by atoms with Gasteiger partial charge >= 0.3 is 0 Å². The normalized spacial score (nSPS) is 10.8. The SMILES string of the molecule is CCN(CC)c1ccc([SiH3])c(N(CC)CC)c1N(CC)CC. The van der Waals surface area contributed by atoms with Gasteiger partial charge in [-0.3, -0.25) is 0 Å². The van der Waals surface area contributed by atoms with Crippen LogP contribution in [0.3, 0.4) is 0 Å². The largest absolute Gasteiger partial charge is 0.370 e. The molecular weight excluding hydrogens is 286 g/mol. The summed E-state index contributed by atoms with van der Waals surface area (Å²) in [6.45, 7) is 19.9. The third kappa shape index (κ3) is 3.78.